The average Bonchev–Trinajstić information content (AvgIpc) is 2.40. The lowest BCUT2D eigenvalue weighted by atomic mass is 9.98. The molecule has 2 nitrogen and oxygen atoms in total. The topological polar surface area (TPSA) is 15.3 Å². The average molecular weight is 331 g/mol. The second kappa shape index (κ2) is 5.13. The molecule has 0 unspecified atom stereocenters. The number of hydrogen-bond acceptors (Lipinski definition) is 2. The molecule has 3 rings (SSSR count). The van der Waals surface area contributed by atoms with Gasteiger partial charge in [0.05, 0.1) is 11.4 Å². The molecule has 1 aliphatic heterocycles. The van der Waals surface area contributed by atoms with Gasteiger partial charge in [0, 0.05) is 23.1 Å². The van der Waals surface area contributed by atoms with Gasteiger partial charge in [0.1, 0.15) is 0 Å². The van der Waals surface area contributed by atoms with E-state index in [1.54, 1.807) is 0 Å². The molecule has 104 valence electrons. The predicted octanol–water partition coefficient (Wildman–Crippen LogP) is 4.66. The van der Waals surface area contributed by atoms with Crippen LogP contribution in [0, 0.1) is 0 Å². The van der Waals surface area contributed by atoms with Crippen molar-refractivity contribution in [2.45, 2.75) is 25.9 Å². The predicted molar refractivity (Wildman–Crippen MR) is 89.3 cm³/mol. The summed E-state index contributed by atoms with van der Waals surface area (Å²) in [6.45, 7) is 6.44. The van der Waals surface area contributed by atoms with Gasteiger partial charge in [-0.15, -0.1) is 0 Å². The highest BCUT2D eigenvalue weighted by Crippen LogP contribution is 2.35. The van der Waals surface area contributed by atoms with E-state index in [4.69, 9.17) is 0 Å². The maximum Gasteiger partial charge on any atom is 0.0606 e. The fourth-order valence-electron chi connectivity index (χ4n) is 2.77. The van der Waals surface area contributed by atoms with Crippen LogP contribution < -0.4 is 10.2 Å². The van der Waals surface area contributed by atoms with E-state index in [1.165, 1.54) is 16.9 Å². The Labute approximate surface area is 128 Å². The van der Waals surface area contributed by atoms with Crippen molar-refractivity contribution in [2.24, 2.45) is 0 Å². The van der Waals surface area contributed by atoms with Crippen LogP contribution in [0.5, 0.6) is 0 Å². The van der Waals surface area contributed by atoms with Crippen LogP contribution in [0.2, 0.25) is 0 Å². The standard InChI is InChI=1S/C17H19BrN2/c1-17(2)12-20(11-13-7-9-14(18)10-8-13)16-6-4-3-5-15(16)19-17/h3-10,19H,11-12H2,1-2H3. The Morgan fingerprint density at radius 1 is 1.10 bits per heavy atom. The molecular formula is C17H19BrN2. The lowest BCUT2D eigenvalue weighted by Gasteiger charge is -2.42. The van der Waals surface area contributed by atoms with E-state index >= 15 is 0 Å². The molecule has 2 aromatic carbocycles. The van der Waals surface area contributed by atoms with E-state index in [-0.39, 0.29) is 5.54 Å². The molecule has 0 saturated heterocycles. The van der Waals surface area contributed by atoms with E-state index in [2.05, 4.69) is 88.5 Å². The van der Waals surface area contributed by atoms with Gasteiger partial charge in [0.2, 0.25) is 0 Å². The quantitative estimate of drug-likeness (QED) is 0.861. The smallest absolute Gasteiger partial charge is 0.0606 e. The number of benzene rings is 2. The zero-order valence-corrected chi connectivity index (χ0v) is 13.4. The Balaban J connectivity index is 1.90. The maximum atomic E-state index is 3.61. The van der Waals surface area contributed by atoms with Gasteiger partial charge in [0.25, 0.3) is 0 Å². The molecule has 2 aromatic rings. The highest BCUT2D eigenvalue weighted by Gasteiger charge is 2.28. The van der Waals surface area contributed by atoms with Gasteiger partial charge in [0.15, 0.2) is 0 Å². The first-order chi connectivity index (χ1) is 9.53. The first-order valence-electron chi connectivity index (χ1n) is 6.90. The number of rotatable bonds is 2. The Morgan fingerprint density at radius 2 is 1.80 bits per heavy atom. The highest BCUT2D eigenvalue weighted by atomic mass is 79.9. The number of nitrogens with one attached hydrogen (secondary N) is 1. The minimum atomic E-state index is 0.0870. The Bertz CT molecular complexity index is 605. The molecule has 0 fully saturated rings. The summed E-state index contributed by atoms with van der Waals surface area (Å²) < 4.78 is 1.13. The highest BCUT2D eigenvalue weighted by molar-refractivity contribution is 9.10. The summed E-state index contributed by atoms with van der Waals surface area (Å²) >= 11 is 3.49. The van der Waals surface area contributed by atoms with Crippen molar-refractivity contribution >= 4 is 27.3 Å². The van der Waals surface area contributed by atoms with E-state index in [0.717, 1.165) is 17.6 Å². The first kappa shape index (κ1) is 13.5. The van der Waals surface area contributed by atoms with Gasteiger partial charge in [-0.25, -0.2) is 0 Å². The third-order valence-corrected chi connectivity index (χ3v) is 4.12. The third-order valence-electron chi connectivity index (χ3n) is 3.59. The van der Waals surface area contributed by atoms with Crippen molar-refractivity contribution in [1.82, 2.24) is 0 Å². The maximum absolute atomic E-state index is 3.61. The summed E-state index contributed by atoms with van der Waals surface area (Å²) in [5, 5.41) is 3.61. The van der Waals surface area contributed by atoms with Gasteiger partial charge >= 0.3 is 0 Å². The van der Waals surface area contributed by atoms with Crippen molar-refractivity contribution in [3.05, 3.63) is 58.6 Å². The fourth-order valence-corrected chi connectivity index (χ4v) is 3.04. The largest absolute Gasteiger partial charge is 0.377 e. The number of fused-ring (bicyclic) bond motifs is 1. The van der Waals surface area contributed by atoms with Crippen molar-refractivity contribution in [2.75, 3.05) is 16.8 Å². The van der Waals surface area contributed by atoms with E-state index in [9.17, 15) is 0 Å². The van der Waals surface area contributed by atoms with Crippen LogP contribution in [-0.2, 0) is 6.54 Å². The number of nitrogens with zero attached hydrogens (tertiary/aromatic N) is 1. The number of anilines is 2. The molecular weight excluding hydrogens is 312 g/mol. The van der Waals surface area contributed by atoms with Crippen molar-refractivity contribution in [3.8, 4) is 0 Å². The van der Waals surface area contributed by atoms with E-state index in [0.29, 0.717) is 0 Å². The normalized spacial score (nSPS) is 16.4. The number of para-hydroxylation sites is 2. The van der Waals surface area contributed by atoms with Gasteiger partial charge in [-0.1, -0.05) is 40.2 Å². The van der Waals surface area contributed by atoms with Gasteiger partial charge in [-0.2, -0.15) is 0 Å². The van der Waals surface area contributed by atoms with Crippen LogP contribution in [0.25, 0.3) is 0 Å². The molecule has 0 bridgehead atoms. The summed E-state index contributed by atoms with van der Waals surface area (Å²) in [4.78, 5) is 2.45. The SMILES string of the molecule is CC1(C)CN(Cc2ccc(Br)cc2)c2ccccc2N1. The summed E-state index contributed by atoms with van der Waals surface area (Å²) in [6.07, 6.45) is 0. The van der Waals surface area contributed by atoms with Crippen LogP contribution in [-0.4, -0.2) is 12.1 Å². The van der Waals surface area contributed by atoms with Crippen molar-refractivity contribution in [3.63, 3.8) is 0 Å². The molecule has 0 aromatic heterocycles. The van der Waals surface area contributed by atoms with Gasteiger partial charge in [-0.3, -0.25) is 0 Å². The summed E-state index contributed by atoms with van der Waals surface area (Å²) in [5.41, 5.74) is 3.93. The zero-order valence-electron chi connectivity index (χ0n) is 11.9. The lowest BCUT2D eigenvalue weighted by Crippen LogP contribution is -2.48. The molecule has 0 aliphatic carbocycles. The molecule has 1 heterocycles. The Hall–Kier alpha value is -1.48. The van der Waals surface area contributed by atoms with Gasteiger partial charge in [-0.05, 0) is 43.7 Å². The molecule has 0 spiro atoms. The molecule has 0 radical (unpaired) electrons. The molecule has 3 heteroatoms. The van der Waals surface area contributed by atoms with Gasteiger partial charge < -0.3 is 10.2 Å². The Morgan fingerprint density at radius 3 is 2.55 bits per heavy atom. The summed E-state index contributed by atoms with van der Waals surface area (Å²) in [7, 11) is 0. The number of halogens is 1. The van der Waals surface area contributed by atoms with Crippen LogP contribution >= 0.6 is 15.9 Å². The van der Waals surface area contributed by atoms with E-state index < -0.39 is 0 Å². The number of hydrogen-bond donors (Lipinski definition) is 1. The fraction of sp³-hybridized carbons (Fsp3) is 0.294. The molecule has 1 N–H and O–H groups in total. The van der Waals surface area contributed by atoms with Crippen molar-refractivity contribution < 1.29 is 0 Å². The molecule has 0 saturated carbocycles. The minimum Gasteiger partial charge on any atom is -0.377 e. The van der Waals surface area contributed by atoms with Crippen LogP contribution in [0.3, 0.4) is 0 Å². The minimum absolute atomic E-state index is 0.0870. The van der Waals surface area contributed by atoms with Crippen molar-refractivity contribution in [1.29, 1.82) is 0 Å². The second-order valence-electron chi connectivity index (χ2n) is 6.01. The van der Waals surface area contributed by atoms with Crippen LogP contribution in [0.4, 0.5) is 11.4 Å². The zero-order chi connectivity index (χ0) is 14.2. The Kier molecular flexibility index (Phi) is 3.47. The summed E-state index contributed by atoms with van der Waals surface area (Å²) in [6, 6.07) is 17.1. The second-order valence-corrected chi connectivity index (χ2v) is 6.92. The van der Waals surface area contributed by atoms with Crippen LogP contribution in [0.15, 0.2) is 53.0 Å². The summed E-state index contributed by atoms with van der Waals surface area (Å²) in [5.74, 6) is 0. The molecule has 20 heavy (non-hydrogen) atoms. The monoisotopic (exact) mass is 330 g/mol. The molecule has 0 atom stereocenters. The first-order valence-corrected chi connectivity index (χ1v) is 7.69. The molecule has 0 amide bonds. The molecule has 1 aliphatic rings. The van der Waals surface area contributed by atoms with E-state index in [1.807, 2.05) is 0 Å². The van der Waals surface area contributed by atoms with Crippen LogP contribution in [0.1, 0.15) is 19.4 Å². The lowest BCUT2D eigenvalue weighted by molar-refractivity contribution is 0.530. The third kappa shape index (κ3) is 2.83.